The van der Waals surface area contributed by atoms with Gasteiger partial charge < -0.3 is 4.40 Å². The molecule has 0 fully saturated rings. The molecule has 0 aliphatic heterocycles. The molecule has 0 aromatic carbocycles. The fourth-order valence-corrected chi connectivity index (χ4v) is 1.50. The first-order valence-corrected chi connectivity index (χ1v) is 4.35. The summed E-state index contributed by atoms with van der Waals surface area (Å²) in [7, 11) is 0. The number of aromatic nitrogens is 1. The molecule has 2 heterocycles. The highest BCUT2D eigenvalue weighted by Gasteiger charge is 1.86. The molecule has 2 aromatic rings. The Balaban J connectivity index is 0.000000231. The van der Waals surface area contributed by atoms with Crippen molar-refractivity contribution in [1.82, 2.24) is 4.40 Å². The molecule has 10 heavy (non-hydrogen) atoms. The van der Waals surface area contributed by atoms with E-state index in [2.05, 4.69) is 22.0 Å². The van der Waals surface area contributed by atoms with Crippen LogP contribution < -0.4 is 0 Å². The zero-order valence-corrected chi connectivity index (χ0v) is 7.06. The summed E-state index contributed by atoms with van der Waals surface area (Å²) < 4.78 is 2.10. The van der Waals surface area contributed by atoms with Gasteiger partial charge in [0.2, 0.25) is 0 Å². The quantitative estimate of drug-likeness (QED) is 0.548. The molecular formula is C8H11NS. The zero-order chi connectivity index (χ0) is 7.40. The molecule has 0 unspecified atom stereocenters. The molecule has 0 N–H and O–H groups in total. The van der Waals surface area contributed by atoms with Gasteiger partial charge in [-0.05, 0) is 12.1 Å². The van der Waals surface area contributed by atoms with E-state index >= 15 is 0 Å². The molecular weight excluding hydrogens is 142 g/mol. The van der Waals surface area contributed by atoms with Crippen LogP contribution in [0, 0.1) is 0 Å². The lowest BCUT2D eigenvalue weighted by Crippen LogP contribution is -1.64. The van der Waals surface area contributed by atoms with Gasteiger partial charge in [0.25, 0.3) is 0 Å². The lowest BCUT2D eigenvalue weighted by atomic mass is 10.7. The molecule has 0 saturated carbocycles. The average molecular weight is 153 g/mol. The Kier molecular flexibility index (Phi) is 2.51. The number of hydrogen-bond donors (Lipinski definition) is 0. The van der Waals surface area contributed by atoms with Crippen molar-refractivity contribution < 1.29 is 0 Å². The second-order valence-corrected chi connectivity index (χ2v) is 2.58. The maximum Gasteiger partial charge on any atom is 0.0990 e. The maximum absolute atomic E-state index is 2.10. The first-order valence-electron chi connectivity index (χ1n) is 3.47. The SMILES string of the molecule is CC.c1cc2sccn2c1. The van der Waals surface area contributed by atoms with Gasteiger partial charge in [0.05, 0.1) is 4.83 Å². The average Bonchev–Trinajstić information content (AvgIpc) is 2.49. The maximum atomic E-state index is 2.10. The van der Waals surface area contributed by atoms with Gasteiger partial charge in [-0.25, -0.2) is 0 Å². The molecule has 2 aromatic heterocycles. The van der Waals surface area contributed by atoms with Crippen LogP contribution in [0.25, 0.3) is 4.83 Å². The summed E-state index contributed by atoms with van der Waals surface area (Å²) in [5.74, 6) is 0. The van der Waals surface area contributed by atoms with Crippen molar-refractivity contribution in [3.05, 3.63) is 29.9 Å². The van der Waals surface area contributed by atoms with Gasteiger partial charge in [-0.3, -0.25) is 0 Å². The molecule has 0 saturated heterocycles. The summed E-state index contributed by atoms with van der Waals surface area (Å²) in [5, 5.41) is 2.08. The monoisotopic (exact) mass is 153 g/mol. The number of hydrogen-bond acceptors (Lipinski definition) is 1. The van der Waals surface area contributed by atoms with Crippen LogP contribution >= 0.6 is 11.3 Å². The summed E-state index contributed by atoms with van der Waals surface area (Å²) in [4.78, 5) is 1.31. The Morgan fingerprint density at radius 1 is 1.30 bits per heavy atom. The van der Waals surface area contributed by atoms with E-state index in [4.69, 9.17) is 0 Å². The minimum absolute atomic E-state index is 1.31. The van der Waals surface area contributed by atoms with Crippen molar-refractivity contribution in [2.24, 2.45) is 0 Å². The van der Waals surface area contributed by atoms with Crippen LogP contribution in [0.1, 0.15) is 13.8 Å². The molecule has 0 radical (unpaired) electrons. The third-order valence-electron chi connectivity index (χ3n) is 1.15. The van der Waals surface area contributed by atoms with E-state index < -0.39 is 0 Å². The highest BCUT2D eigenvalue weighted by Crippen LogP contribution is 2.10. The second kappa shape index (κ2) is 3.42. The second-order valence-electron chi connectivity index (χ2n) is 1.66. The summed E-state index contributed by atoms with van der Waals surface area (Å²) in [6.07, 6.45) is 4.10. The smallest absolute Gasteiger partial charge is 0.0990 e. The summed E-state index contributed by atoms with van der Waals surface area (Å²) in [6, 6.07) is 4.15. The fourth-order valence-electron chi connectivity index (χ4n) is 0.767. The van der Waals surface area contributed by atoms with Crippen molar-refractivity contribution in [3.8, 4) is 0 Å². The molecule has 1 nitrogen and oxygen atoms in total. The predicted octanol–water partition coefficient (Wildman–Crippen LogP) is 3.03. The molecule has 0 spiro atoms. The summed E-state index contributed by atoms with van der Waals surface area (Å²) >= 11 is 1.76. The van der Waals surface area contributed by atoms with Crippen LogP contribution in [-0.2, 0) is 0 Å². The van der Waals surface area contributed by atoms with Crippen molar-refractivity contribution in [2.45, 2.75) is 13.8 Å². The van der Waals surface area contributed by atoms with E-state index in [0.29, 0.717) is 0 Å². The summed E-state index contributed by atoms with van der Waals surface area (Å²) in [6.45, 7) is 4.00. The third-order valence-corrected chi connectivity index (χ3v) is 2.00. The normalized spacial score (nSPS) is 9.00. The van der Waals surface area contributed by atoms with Crippen molar-refractivity contribution in [3.63, 3.8) is 0 Å². The van der Waals surface area contributed by atoms with E-state index in [9.17, 15) is 0 Å². The van der Waals surface area contributed by atoms with E-state index in [1.54, 1.807) is 11.3 Å². The molecule has 0 amide bonds. The molecule has 0 aliphatic carbocycles. The van der Waals surface area contributed by atoms with Gasteiger partial charge in [-0.1, -0.05) is 13.8 Å². The fraction of sp³-hybridized carbons (Fsp3) is 0.250. The zero-order valence-electron chi connectivity index (χ0n) is 6.24. The van der Waals surface area contributed by atoms with Gasteiger partial charge in [-0.15, -0.1) is 11.3 Å². The first kappa shape index (κ1) is 7.35. The summed E-state index contributed by atoms with van der Waals surface area (Å²) in [5.41, 5.74) is 0. The largest absolute Gasteiger partial charge is 0.315 e. The van der Waals surface area contributed by atoms with Gasteiger partial charge in [0.15, 0.2) is 0 Å². The molecule has 0 atom stereocenters. The van der Waals surface area contributed by atoms with Gasteiger partial charge in [0, 0.05) is 17.8 Å². The van der Waals surface area contributed by atoms with E-state index in [0.717, 1.165) is 0 Å². The van der Waals surface area contributed by atoms with Gasteiger partial charge in [0.1, 0.15) is 0 Å². The van der Waals surface area contributed by atoms with Crippen LogP contribution in [0.4, 0.5) is 0 Å². The number of nitrogens with zero attached hydrogens (tertiary/aromatic N) is 1. The number of thiazole rings is 1. The number of rotatable bonds is 0. The standard InChI is InChI=1S/C6H5NS.C2H6/c1-2-6-7(3-1)4-5-8-6;1-2/h1-5H;1-2H3. The van der Waals surface area contributed by atoms with Crippen molar-refractivity contribution >= 4 is 16.2 Å². The van der Waals surface area contributed by atoms with Crippen LogP contribution in [0.5, 0.6) is 0 Å². The topological polar surface area (TPSA) is 4.41 Å². The predicted molar refractivity (Wildman–Crippen MR) is 46.6 cm³/mol. The molecule has 0 bridgehead atoms. The Labute approximate surface area is 64.9 Å². The minimum Gasteiger partial charge on any atom is -0.315 e. The van der Waals surface area contributed by atoms with E-state index in [1.807, 2.05) is 26.1 Å². The minimum atomic E-state index is 1.31. The van der Waals surface area contributed by atoms with Crippen molar-refractivity contribution in [2.75, 3.05) is 0 Å². The van der Waals surface area contributed by atoms with Crippen LogP contribution in [0.2, 0.25) is 0 Å². The Morgan fingerprint density at radius 2 is 2.10 bits per heavy atom. The third kappa shape index (κ3) is 1.21. The number of fused-ring (bicyclic) bond motifs is 1. The van der Waals surface area contributed by atoms with Crippen LogP contribution in [0.3, 0.4) is 0 Å². The molecule has 54 valence electrons. The molecule has 0 aliphatic rings. The van der Waals surface area contributed by atoms with E-state index in [-0.39, 0.29) is 0 Å². The Bertz CT molecular complexity index is 231. The highest BCUT2D eigenvalue weighted by atomic mass is 32.1. The van der Waals surface area contributed by atoms with Crippen LogP contribution in [-0.4, -0.2) is 4.40 Å². The lowest BCUT2D eigenvalue weighted by molar-refractivity contribution is 1.24. The van der Waals surface area contributed by atoms with E-state index in [1.165, 1.54) is 4.83 Å². The molecule has 2 rings (SSSR count). The Hall–Kier alpha value is -0.760. The highest BCUT2D eigenvalue weighted by molar-refractivity contribution is 7.15. The first-order chi connectivity index (χ1) is 4.97. The van der Waals surface area contributed by atoms with Gasteiger partial charge >= 0.3 is 0 Å². The molecule has 2 heteroatoms. The lowest BCUT2D eigenvalue weighted by Gasteiger charge is -1.73. The van der Waals surface area contributed by atoms with Crippen LogP contribution in [0.15, 0.2) is 29.9 Å². The van der Waals surface area contributed by atoms with Crippen molar-refractivity contribution in [1.29, 1.82) is 0 Å². The Morgan fingerprint density at radius 3 is 2.80 bits per heavy atom. The van der Waals surface area contributed by atoms with Gasteiger partial charge in [-0.2, -0.15) is 0 Å².